The summed E-state index contributed by atoms with van der Waals surface area (Å²) >= 11 is 0. The van der Waals surface area contributed by atoms with Gasteiger partial charge in [0.25, 0.3) is 0 Å². The van der Waals surface area contributed by atoms with Crippen LogP contribution in [-0.4, -0.2) is 18.8 Å². The van der Waals surface area contributed by atoms with Crippen molar-refractivity contribution in [2.75, 3.05) is 13.7 Å². The summed E-state index contributed by atoms with van der Waals surface area (Å²) in [6.07, 6.45) is 8.21. The van der Waals surface area contributed by atoms with Gasteiger partial charge in [0, 0.05) is 38.2 Å². The molecule has 0 unspecified atom stereocenters. The van der Waals surface area contributed by atoms with Crippen LogP contribution >= 0.6 is 0 Å². The second-order valence-corrected chi connectivity index (χ2v) is 5.04. The standard InChI is InChI=1S/C14H20O.C3H8.4C2H6.CH4O.U/c1-2-15-14-10-8-13(9-11-14)12-6-4-3-5-7-12;1-3-2;5*1-2;/h8-12H,2-7H2,1H3;3H2,1-2H3;4*1-2H3;2H,1H3;. The van der Waals surface area contributed by atoms with Crippen molar-refractivity contribution in [3.8, 4) is 5.75 Å². The van der Waals surface area contributed by atoms with Crippen molar-refractivity contribution in [1.29, 1.82) is 0 Å². The Bertz CT molecular complexity index is 307. The van der Waals surface area contributed by atoms with Crippen molar-refractivity contribution in [2.24, 2.45) is 0 Å². The van der Waals surface area contributed by atoms with Gasteiger partial charge in [-0.1, -0.05) is 107 Å². The van der Waals surface area contributed by atoms with Gasteiger partial charge in [-0.05, 0) is 43.4 Å². The van der Waals surface area contributed by atoms with Gasteiger partial charge in [-0.15, -0.1) is 0 Å². The van der Waals surface area contributed by atoms with E-state index in [9.17, 15) is 0 Å². The predicted molar refractivity (Wildman–Crippen MR) is 133 cm³/mol. The Kier molecular flexibility index (Phi) is 68.7. The zero-order chi connectivity index (χ0) is 23.2. The van der Waals surface area contributed by atoms with Gasteiger partial charge >= 0.3 is 0 Å². The van der Waals surface area contributed by atoms with E-state index in [4.69, 9.17) is 9.84 Å². The number of hydrogen-bond acceptors (Lipinski definition) is 2. The Labute approximate surface area is 210 Å². The summed E-state index contributed by atoms with van der Waals surface area (Å²) in [6.45, 7) is 23.0. The van der Waals surface area contributed by atoms with Crippen LogP contribution < -0.4 is 4.74 Å². The molecule has 0 radical (unpaired) electrons. The largest absolute Gasteiger partial charge is 0.494 e. The SMILES string of the molecule is CC.CC.CC.CC.CCC.CCOc1ccc(C2CCCCC2)cc1.CO.[U]. The molecule has 0 heterocycles. The first-order chi connectivity index (χ1) is 13.8. The molecule has 176 valence electrons. The molecule has 1 N–H and O–H groups in total. The van der Waals surface area contributed by atoms with Gasteiger partial charge in [0.1, 0.15) is 5.75 Å². The van der Waals surface area contributed by atoms with E-state index in [-0.39, 0.29) is 31.1 Å². The summed E-state index contributed by atoms with van der Waals surface area (Å²) in [6, 6.07) is 8.68. The van der Waals surface area contributed by atoms with E-state index in [0.717, 1.165) is 25.4 Å². The number of hydrogen-bond donors (Lipinski definition) is 1. The van der Waals surface area contributed by atoms with E-state index in [1.165, 1.54) is 44.1 Å². The fourth-order valence-electron chi connectivity index (χ4n) is 2.44. The van der Waals surface area contributed by atoms with Gasteiger partial charge in [-0.2, -0.15) is 0 Å². The van der Waals surface area contributed by atoms with Crippen molar-refractivity contribution < 1.29 is 41.0 Å². The van der Waals surface area contributed by atoms with Crippen LogP contribution in [0.25, 0.3) is 0 Å². The molecule has 0 saturated heterocycles. The minimum atomic E-state index is 0. The number of benzene rings is 1. The monoisotopic (exact) mass is 638 g/mol. The number of rotatable bonds is 3. The minimum Gasteiger partial charge on any atom is -0.494 e. The Morgan fingerprint density at radius 2 is 1.07 bits per heavy atom. The van der Waals surface area contributed by atoms with Gasteiger partial charge in [0.15, 0.2) is 0 Å². The molecule has 3 heteroatoms. The van der Waals surface area contributed by atoms with Gasteiger partial charge < -0.3 is 9.84 Å². The fourth-order valence-corrected chi connectivity index (χ4v) is 2.44. The van der Waals surface area contributed by atoms with Gasteiger partial charge in [0.05, 0.1) is 6.61 Å². The van der Waals surface area contributed by atoms with Crippen LogP contribution in [0.3, 0.4) is 0 Å². The summed E-state index contributed by atoms with van der Waals surface area (Å²) in [5.74, 6) is 1.80. The van der Waals surface area contributed by atoms with E-state index >= 15 is 0 Å². The maximum Gasteiger partial charge on any atom is 0.119 e. The molecule has 0 atom stereocenters. The van der Waals surface area contributed by atoms with Crippen molar-refractivity contribution in [2.45, 2.75) is 121 Å². The van der Waals surface area contributed by atoms with Crippen LogP contribution in [0, 0.1) is 31.1 Å². The molecule has 1 aromatic carbocycles. The predicted octanol–water partition coefficient (Wildman–Crippen LogP) is 9.26. The molecule has 0 aliphatic heterocycles. The van der Waals surface area contributed by atoms with E-state index in [1.807, 2.05) is 62.3 Å². The molecule has 2 rings (SSSR count). The van der Waals surface area contributed by atoms with Gasteiger partial charge in [-0.3, -0.25) is 0 Å². The van der Waals surface area contributed by atoms with E-state index in [1.54, 1.807) is 0 Å². The first kappa shape index (κ1) is 43.0. The van der Waals surface area contributed by atoms with E-state index < -0.39 is 0 Å². The summed E-state index contributed by atoms with van der Waals surface area (Å²) in [7, 11) is 1.00. The zero-order valence-electron chi connectivity index (χ0n) is 22.2. The van der Waals surface area contributed by atoms with Crippen molar-refractivity contribution in [3.63, 3.8) is 0 Å². The Hall–Kier alpha value is 0.0319. The topological polar surface area (TPSA) is 29.5 Å². The molecule has 1 aliphatic rings. The van der Waals surface area contributed by atoms with Gasteiger partial charge in [0.2, 0.25) is 0 Å². The smallest absolute Gasteiger partial charge is 0.119 e. The first-order valence-electron chi connectivity index (χ1n) is 12.0. The Balaban J connectivity index is -0.0000000808. The Morgan fingerprint density at radius 3 is 1.38 bits per heavy atom. The van der Waals surface area contributed by atoms with Crippen LogP contribution in [0.2, 0.25) is 0 Å². The molecule has 1 aromatic rings. The minimum absolute atomic E-state index is 0. The number of aliphatic hydroxyl groups is 1. The molecule has 2 nitrogen and oxygen atoms in total. The molecule has 1 aliphatic carbocycles. The molecule has 0 spiro atoms. The molecule has 0 bridgehead atoms. The molecular weight excluding hydrogens is 582 g/mol. The fraction of sp³-hybridized carbons (Fsp3) is 0.769. The van der Waals surface area contributed by atoms with Crippen LogP contribution in [0.4, 0.5) is 0 Å². The maximum atomic E-state index is 7.00. The molecule has 0 amide bonds. The third-order valence-electron chi connectivity index (χ3n) is 3.27. The summed E-state index contributed by atoms with van der Waals surface area (Å²) in [5.41, 5.74) is 1.50. The third kappa shape index (κ3) is 30.3. The summed E-state index contributed by atoms with van der Waals surface area (Å²) in [4.78, 5) is 0. The normalized spacial score (nSPS) is 10.8. The van der Waals surface area contributed by atoms with Crippen LogP contribution in [0.1, 0.15) is 126 Å². The number of ether oxygens (including phenoxy) is 1. The van der Waals surface area contributed by atoms with Crippen molar-refractivity contribution in [1.82, 2.24) is 0 Å². The quantitative estimate of drug-likeness (QED) is 0.358. The molecule has 1 saturated carbocycles. The third-order valence-corrected chi connectivity index (χ3v) is 3.27. The van der Waals surface area contributed by atoms with Crippen LogP contribution in [0.15, 0.2) is 24.3 Å². The summed E-state index contributed by atoms with van der Waals surface area (Å²) < 4.78 is 5.45. The van der Waals surface area contributed by atoms with Crippen molar-refractivity contribution >= 4 is 0 Å². The van der Waals surface area contributed by atoms with Crippen LogP contribution in [-0.2, 0) is 0 Å². The Morgan fingerprint density at radius 1 is 0.724 bits per heavy atom. The molecule has 29 heavy (non-hydrogen) atoms. The first-order valence-corrected chi connectivity index (χ1v) is 12.0. The van der Waals surface area contributed by atoms with Crippen LogP contribution in [0.5, 0.6) is 5.75 Å². The average molecular weight is 639 g/mol. The second-order valence-electron chi connectivity index (χ2n) is 5.04. The second kappa shape index (κ2) is 46.3. The maximum absolute atomic E-state index is 7.00. The summed E-state index contributed by atoms with van der Waals surface area (Å²) in [5, 5.41) is 7.00. The van der Waals surface area contributed by atoms with Gasteiger partial charge in [-0.25, -0.2) is 0 Å². The molecule has 1 fully saturated rings. The number of aliphatic hydroxyl groups excluding tert-OH is 1. The molecule has 0 aromatic heterocycles. The van der Waals surface area contributed by atoms with E-state index in [2.05, 4.69) is 38.1 Å². The average Bonchev–Trinajstić information content (AvgIpc) is 2.82. The van der Waals surface area contributed by atoms with E-state index in [0.29, 0.717) is 0 Å². The molecular formula is C26H56O2U. The zero-order valence-corrected chi connectivity index (χ0v) is 26.4. The van der Waals surface area contributed by atoms with Crippen molar-refractivity contribution in [3.05, 3.63) is 29.8 Å².